The second-order valence-electron chi connectivity index (χ2n) is 3.00. The molecule has 9 heteroatoms. The molecule has 0 atom stereocenters. The van der Waals surface area contributed by atoms with E-state index in [1.54, 1.807) is 0 Å². The molecule has 0 unspecified atom stereocenters. The van der Waals surface area contributed by atoms with Gasteiger partial charge in [-0.3, -0.25) is 4.79 Å². The number of hydrogen-bond donors (Lipinski definition) is 3. The van der Waals surface area contributed by atoms with Crippen LogP contribution in [0.3, 0.4) is 0 Å². The van der Waals surface area contributed by atoms with Crippen molar-refractivity contribution in [2.75, 3.05) is 0 Å². The largest absolute Gasteiger partial charge is 0.477 e. The number of rotatable bonds is 4. The van der Waals surface area contributed by atoms with Crippen LogP contribution in [0.2, 0.25) is 0 Å². The van der Waals surface area contributed by atoms with E-state index in [0.29, 0.717) is 0 Å². The average molecular weight is 252 g/mol. The molecule has 1 aromatic heterocycles. The highest BCUT2D eigenvalue weighted by atomic mass is 16.4. The molecule has 0 spiro atoms. The summed E-state index contributed by atoms with van der Waals surface area (Å²) in [5.41, 5.74) is 0.525. The Bertz CT molecular complexity index is 540. The van der Waals surface area contributed by atoms with Crippen LogP contribution in [0.15, 0.2) is 17.5 Å². The third kappa shape index (κ3) is 3.07. The summed E-state index contributed by atoms with van der Waals surface area (Å²) in [5.74, 6) is -3.69. The van der Waals surface area contributed by atoms with Crippen LogP contribution in [0.25, 0.3) is 0 Å². The van der Waals surface area contributed by atoms with Gasteiger partial charge in [0, 0.05) is 12.4 Å². The summed E-state index contributed by atoms with van der Waals surface area (Å²) in [5, 5.41) is 20.5. The maximum atomic E-state index is 11.5. The normalized spacial score (nSPS) is 10.8. The van der Waals surface area contributed by atoms with E-state index in [0.717, 1.165) is 19.3 Å². The van der Waals surface area contributed by atoms with Crippen LogP contribution < -0.4 is 5.43 Å². The van der Waals surface area contributed by atoms with E-state index in [2.05, 4.69) is 15.1 Å². The second kappa shape index (κ2) is 5.48. The molecule has 0 aromatic carbocycles. The van der Waals surface area contributed by atoms with Gasteiger partial charge in [-0.05, 0) is 6.92 Å². The SMILES string of the molecule is C/C(=N\NC(=O)c1nccnc1C(=O)O)C(=O)O. The molecule has 18 heavy (non-hydrogen) atoms. The van der Waals surface area contributed by atoms with E-state index in [1.807, 2.05) is 5.43 Å². The fourth-order valence-electron chi connectivity index (χ4n) is 0.896. The predicted octanol–water partition coefficient (Wildman–Crippen LogP) is -0.635. The third-order valence-electron chi connectivity index (χ3n) is 1.75. The lowest BCUT2D eigenvalue weighted by Crippen LogP contribution is -2.25. The van der Waals surface area contributed by atoms with Crippen LogP contribution in [0, 0.1) is 0 Å². The third-order valence-corrected chi connectivity index (χ3v) is 1.75. The maximum absolute atomic E-state index is 11.5. The number of nitrogens with zero attached hydrogens (tertiary/aromatic N) is 3. The van der Waals surface area contributed by atoms with Crippen molar-refractivity contribution >= 4 is 23.6 Å². The van der Waals surface area contributed by atoms with Crippen molar-refractivity contribution in [3.8, 4) is 0 Å². The number of aromatic nitrogens is 2. The highest BCUT2D eigenvalue weighted by Crippen LogP contribution is 2.01. The van der Waals surface area contributed by atoms with Crippen LogP contribution in [0.1, 0.15) is 27.9 Å². The first-order valence-corrected chi connectivity index (χ1v) is 4.55. The van der Waals surface area contributed by atoms with Gasteiger partial charge in [0.1, 0.15) is 5.71 Å². The molecule has 1 amide bonds. The minimum atomic E-state index is -1.42. The number of hydrogen-bond acceptors (Lipinski definition) is 6. The Hall–Kier alpha value is -2.84. The number of carbonyl (C=O) groups is 3. The number of nitrogens with one attached hydrogen (secondary N) is 1. The van der Waals surface area contributed by atoms with Gasteiger partial charge in [-0.2, -0.15) is 5.10 Å². The first-order valence-electron chi connectivity index (χ1n) is 4.55. The molecule has 3 N–H and O–H groups in total. The van der Waals surface area contributed by atoms with E-state index in [9.17, 15) is 14.4 Å². The van der Waals surface area contributed by atoms with E-state index < -0.39 is 29.2 Å². The van der Waals surface area contributed by atoms with Gasteiger partial charge in [0.25, 0.3) is 5.91 Å². The molecule has 0 bridgehead atoms. The zero-order chi connectivity index (χ0) is 13.7. The first kappa shape index (κ1) is 13.2. The van der Waals surface area contributed by atoms with Crippen molar-refractivity contribution in [2.45, 2.75) is 6.92 Å². The lowest BCUT2D eigenvalue weighted by atomic mass is 10.3. The Morgan fingerprint density at radius 3 is 2.22 bits per heavy atom. The van der Waals surface area contributed by atoms with E-state index >= 15 is 0 Å². The summed E-state index contributed by atoms with van der Waals surface area (Å²) in [7, 11) is 0. The number of amides is 1. The molecule has 1 heterocycles. The molecule has 0 aliphatic carbocycles. The standard InChI is InChI=1S/C9H8N4O5/c1-4(8(15)16)12-13-7(14)5-6(9(17)18)11-3-2-10-5/h2-3H,1H3,(H,13,14)(H,15,16)(H,17,18)/b12-4+. The summed E-state index contributed by atoms with van der Waals surface area (Å²) in [4.78, 5) is 39.7. The topological polar surface area (TPSA) is 142 Å². The number of aromatic carboxylic acids is 1. The quantitative estimate of drug-likeness (QED) is 0.478. The number of carbonyl (C=O) groups excluding carboxylic acids is 1. The van der Waals surface area contributed by atoms with Crippen molar-refractivity contribution in [1.29, 1.82) is 0 Å². The Labute approximate surface area is 100 Å². The monoisotopic (exact) mass is 252 g/mol. The molecular formula is C9H8N4O5. The molecule has 1 rings (SSSR count). The fourth-order valence-corrected chi connectivity index (χ4v) is 0.896. The number of aliphatic carboxylic acids is 1. The molecule has 0 fully saturated rings. The van der Waals surface area contributed by atoms with Gasteiger partial charge in [0.05, 0.1) is 0 Å². The lowest BCUT2D eigenvalue weighted by Gasteiger charge is -2.02. The van der Waals surface area contributed by atoms with Gasteiger partial charge in [-0.1, -0.05) is 0 Å². The highest BCUT2D eigenvalue weighted by Gasteiger charge is 2.19. The summed E-state index contributed by atoms with van der Waals surface area (Å²) >= 11 is 0. The zero-order valence-corrected chi connectivity index (χ0v) is 9.12. The Balaban J connectivity index is 2.95. The van der Waals surface area contributed by atoms with Gasteiger partial charge >= 0.3 is 11.9 Å². The summed E-state index contributed by atoms with van der Waals surface area (Å²) in [6, 6.07) is 0. The molecule has 0 saturated heterocycles. The average Bonchev–Trinajstić information content (AvgIpc) is 2.35. The van der Waals surface area contributed by atoms with Gasteiger partial charge in [0.2, 0.25) is 0 Å². The smallest absolute Gasteiger partial charge is 0.356 e. The second-order valence-corrected chi connectivity index (χ2v) is 3.00. The molecule has 0 radical (unpaired) electrons. The fraction of sp³-hybridized carbons (Fsp3) is 0.111. The highest BCUT2D eigenvalue weighted by molar-refractivity contribution is 6.34. The van der Waals surface area contributed by atoms with E-state index in [4.69, 9.17) is 10.2 Å². The van der Waals surface area contributed by atoms with Crippen LogP contribution in [0.4, 0.5) is 0 Å². The van der Waals surface area contributed by atoms with Crippen molar-refractivity contribution < 1.29 is 24.6 Å². The predicted molar refractivity (Wildman–Crippen MR) is 57.2 cm³/mol. The molecule has 0 saturated carbocycles. The Morgan fingerprint density at radius 2 is 1.72 bits per heavy atom. The van der Waals surface area contributed by atoms with E-state index in [-0.39, 0.29) is 5.71 Å². The first-order chi connectivity index (χ1) is 8.43. The molecule has 0 aliphatic rings. The van der Waals surface area contributed by atoms with Crippen LogP contribution in [0.5, 0.6) is 0 Å². The summed E-state index contributed by atoms with van der Waals surface area (Å²) < 4.78 is 0. The van der Waals surface area contributed by atoms with Crippen molar-refractivity contribution in [3.63, 3.8) is 0 Å². The van der Waals surface area contributed by atoms with Gasteiger partial charge in [0.15, 0.2) is 11.4 Å². The summed E-state index contributed by atoms with van der Waals surface area (Å²) in [6.07, 6.45) is 2.25. The zero-order valence-electron chi connectivity index (χ0n) is 9.12. The van der Waals surface area contributed by atoms with Gasteiger partial charge in [-0.25, -0.2) is 25.0 Å². The van der Waals surface area contributed by atoms with Crippen LogP contribution >= 0.6 is 0 Å². The molecule has 1 aromatic rings. The Kier molecular flexibility index (Phi) is 4.02. The molecular weight excluding hydrogens is 244 g/mol. The van der Waals surface area contributed by atoms with Gasteiger partial charge < -0.3 is 10.2 Å². The number of carboxylic acid groups (broad SMARTS) is 2. The minimum absolute atomic E-state index is 0.357. The maximum Gasteiger partial charge on any atom is 0.356 e. The number of hydrazone groups is 1. The van der Waals surface area contributed by atoms with Crippen molar-refractivity contribution in [1.82, 2.24) is 15.4 Å². The van der Waals surface area contributed by atoms with E-state index in [1.165, 1.54) is 0 Å². The molecule has 0 aliphatic heterocycles. The van der Waals surface area contributed by atoms with Crippen molar-refractivity contribution in [2.24, 2.45) is 5.10 Å². The minimum Gasteiger partial charge on any atom is -0.477 e. The molecule has 9 nitrogen and oxygen atoms in total. The Morgan fingerprint density at radius 1 is 1.17 bits per heavy atom. The summed E-state index contributed by atoms with van der Waals surface area (Å²) in [6.45, 7) is 1.16. The molecule has 94 valence electrons. The van der Waals surface area contributed by atoms with Crippen molar-refractivity contribution in [3.05, 3.63) is 23.8 Å². The van der Waals surface area contributed by atoms with Crippen LogP contribution in [-0.4, -0.2) is 43.7 Å². The lowest BCUT2D eigenvalue weighted by molar-refractivity contribution is -0.129. The number of carboxylic acids is 2. The van der Waals surface area contributed by atoms with Gasteiger partial charge in [-0.15, -0.1) is 0 Å². The van der Waals surface area contributed by atoms with Crippen LogP contribution in [-0.2, 0) is 4.79 Å².